The Morgan fingerprint density at radius 1 is 1.53 bits per heavy atom. The molecule has 1 aliphatic rings. The fraction of sp³-hybridized carbons (Fsp3) is 0.500. The summed E-state index contributed by atoms with van der Waals surface area (Å²) in [5, 5.41) is 12.2. The van der Waals surface area contributed by atoms with E-state index in [-0.39, 0.29) is 24.6 Å². The smallest absolute Gasteiger partial charge is 0.242 e. The number of nitrogens with one attached hydrogen (secondary N) is 1. The molecular formula is C14H19BrN2O2. The number of benzene rings is 1. The monoisotopic (exact) mass is 326 g/mol. The highest BCUT2D eigenvalue weighted by Gasteiger charge is 2.29. The highest BCUT2D eigenvalue weighted by atomic mass is 79.9. The number of aliphatic hydroxyl groups excluding tert-OH is 1. The molecule has 1 saturated heterocycles. The maximum absolute atomic E-state index is 12.2. The summed E-state index contributed by atoms with van der Waals surface area (Å²) in [4.78, 5) is 14.3. The molecule has 2 atom stereocenters. The van der Waals surface area contributed by atoms with Crippen LogP contribution in [0.2, 0.25) is 0 Å². The first kappa shape index (κ1) is 14.3. The van der Waals surface area contributed by atoms with Gasteiger partial charge in [-0.3, -0.25) is 4.79 Å². The first-order valence-electron chi connectivity index (χ1n) is 6.55. The van der Waals surface area contributed by atoms with Crippen molar-refractivity contribution in [3.8, 4) is 0 Å². The van der Waals surface area contributed by atoms with Crippen molar-refractivity contribution in [2.24, 2.45) is 0 Å². The van der Waals surface area contributed by atoms with Crippen molar-refractivity contribution >= 4 is 27.5 Å². The number of hydrogen-bond acceptors (Lipinski definition) is 3. The van der Waals surface area contributed by atoms with Crippen LogP contribution in [0.4, 0.5) is 5.69 Å². The topological polar surface area (TPSA) is 52.6 Å². The maximum Gasteiger partial charge on any atom is 0.242 e. The van der Waals surface area contributed by atoms with Crippen LogP contribution in [0.25, 0.3) is 0 Å². The highest BCUT2D eigenvalue weighted by Crippen LogP contribution is 2.25. The SMILES string of the molecule is CC1CCN(c2cccc(Br)c2)C(CCO)C(=O)N1. The number of anilines is 1. The van der Waals surface area contributed by atoms with E-state index >= 15 is 0 Å². The Balaban J connectivity index is 2.30. The Hall–Kier alpha value is -1.07. The molecule has 0 spiro atoms. The van der Waals surface area contributed by atoms with E-state index in [1.165, 1.54) is 0 Å². The van der Waals surface area contributed by atoms with Gasteiger partial charge in [-0.15, -0.1) is 0 Å². The summed E-state index contributed by atoms with van der Waals surface area (Å²) < 4.78 is 0.991. The third kappa shape index (κ3) is 3.48. The van der Waals surface area contributed by atoms with E-state index in [1.54, 1.807) is 0 Å². The Kier molecular flexibility index (Phi) is 4.82. The number of rotatable bonds is 3. The van der Waals surface area contributed by atoms with E-state index in [2.05, 4.69) is 26.1 Å². The summed E-state index contributed by atoms with van der Waals surface area (Å²) in [5.41, 5.74) is 1.01. The van der Waals surface area contributed by atoms with Crippen LogP contribution >= 0.6 is 15.9 Å². The van der Waals surface area contributed by atoms with E-state index < -0.39 is 0 Å². The molecule has 4 nitrogen and oxygen atoms in total. The summed E-state index contributed by atoms with van der Waals surface area (Å²) in [5.74, 6) is -0.000902. The number of hydrogen-bond donors (Lipinski definition) is 2. The lowest BCUT2D eigenvalue weighted by atomic mass is 10.1. The molecule has 0 saturated carbocycles. The van der Waals surface area contributed by atoms with Gasteiger partial charge in [0.25, 0.3) is 0 Å². The number of carbonyl (C=O) groups is 1. The number of halogens is 1. The van der Waals surface area contributed by atoms with E-state index in [1.807, 2.05) is 31.2 Å². The van der Waals surface area contributed by atoms with Crippen molar-refractivity contribution in [3.63, 3.8) is 0 Å². The van der Waals surface area contributed by atoms with Crippen LogP contribution in [-0.4, -0.2) is 36.2 Å². The van der Waals surface area contributed by atoms with Gasteiger partial charge in [0.05, 0.1) is 0 Å². The summed E-state index contributed by atoms with van der Waals surface area (Å²) >= 11 is 3.46. The third-order valence-electron chi connectivity index (χ3n) is 3.41. The van der Waals surface area contributed by atoms with Crippen LogP contribution in [0.3, 0.4) is 0 Å². The Labute approximate surface area is 121 Å². The zero-order chi connectivity index (χ0) is 13.8. The van der Waals surface area contributed by atoms with Gasteiger partial charge in [-0.25, -0.2) is 0 Å². The molecule has 5 heteroatoms. The Morgan fingerprint density at radius 2 is 2.32 bits per heavy atom. The van der Waals surface area contributed by atoms with E-state index in [9.17, 15) is 9.90 Å². The van der Waals surface area contributed by atoms with Crippen molar-refractivity contribution in [1.29, 1.82) is 0 Å². The highest BCUT2D eigenvalue weighted by molar-refractivity contribution is 9.10. The van der Waals surface area contributed by atoms with Crippen molar-refractivity contribution < 1.29 is 9.90 Å². The molecule has 1 heterocycles. The van der Waals surface area contributed by atoms with Crippen molar-refractivity contribution in [1.82, 2.24) is 5.32 Å². The van der Waals surface area contributed by atoms with Crippen LogP contribution < -0.4 is 10.2 Å². The predicted octanol–water partition coefficient (Wildman–Crippen LogP) is 1.91. The van der Waals surface area contributed by atoms with Crippen LogP contribution in [0.1, 0.15) is 19.8 Å². The number of nitrogens with zero attached hydrogens (tertiary/aromatic N) is 1. The molecule has 1 aromatic carbocycles. The predicted molar refractivity (Wildman–Crippen MR) is 79.2 cm³/mol. The van der Waals surface area contributed by atoms with Crippen molar-refractivity contribution in [2.75, 3.05) is 18.1 Å². The fourth-order valence-corrected chi connectivity index (χ4v) is 2.80. The number of aliphatic hydroxyl groups is 1. The minimum absolute atomic E-state index is 0.000902. The van der Waals surface area contributed by atoms with E-state index in [0.29, 0.717) is 6.42 Å². The van der Waals surface area contributed by atoms with Gasteiger partial charge < -0.3 is 15.3 Å². The first-order chi connectivity index (χ1) is 9.11. The molecular weight excluding hydrogens is 308 g/mol. The normalized spacial score (nSPS) is 23.9. The van der Waals surface area contributed by atoms with Gasteiger partial charge in [0.15, 0.2) is 0 Å². The standard InChI is InChI=1S/C14H19BrN2O2/c1-10-5-7-17(12-4-2-3-11(15)9-12)13(6-8-18)14(19)16-10/h2-4,9-10,13,18H,5-8H2,1H3,(H,16,19). The zero-order valence-electron chi connectivity index (χ0n) is 11.0. The van der Waals surface area contributed by atoms with Gasteiger partial charge in [-0.2, -0.15) is 0 Å². The van der Waals surface area contributed by atoms with E-state index in [0.717, 1.165) is 23.1 Å². The molecule has 1 aliphatic heterocycles. The lowest BCUT2D eigenvalue weighted by Crippen LogP contribution is -2.45. The Morgan fingerprint density at radius 3 is 3.00 bits per heavy atom. The molecule has 0 aliphatic carbocycles. The molecule has 0 bridgehead atoms. The van der Waals surface area contributed by atoms with Crippen LogP contribution in [0.5, 0.6) is 0 Å². The second-order valence-corrected chi connectivity index (χ2v) is 5.82. The van der Waals surface area contributed by atoms with Crippen LogP contribution in [0, 0.1) is 0 Å². The summed E-state index contributed by atoms with van der Waals surface area (Å²) in [6.45, 7) is 2.83. The second kappa shape index (κ2) is 6.39. The third-order valence-corrected chi connectivity index (χ3v) is 3.91. The molecule has 0 radical (unpaired) electrons. The minimum atomic E-state index is -0.302. The Bertz CT molecular complexity index is 453. The second-order valence-electron chi connectivity index (χ2n) is 4.90. The molecule has 2 N–H and O–H groups in total. The lowest BCUT2D eigenvalue weighted by molar-refractivity contribution is -0.122. The van der Waals surface area contributed by atoms with Crippen LogP contribution in [-0.2, 0) is 4.79 Å². The molecule has 1 fully saturated rings. The number of carbonyl (C=O) groups excluding carboxylic acids is 1. The van der Waals surface area contributed by atoms with Gasteiger partial charge in [0, 0.05) is 29.4 Å². The van der Waals surface area contributed by atoms with Gasteiger partial charge in [-0.1, -0.05) is 22.0 Å². The quantitative estimate of drug-likeness (QED) is 0.892. The lowest BCUT2D eigenvalue weighted by Gasteiger charge is -2.30. The molecule has 19 heavy (non-hydrogen) atoms. The molecule has 104 valence electrons. The molecule has 1 aromatic rings. The average molecular weight is 327 g/mol. The van der Waals surface area contributed by atoms with Crippen molar-refractivity contribution in [3.05, 3.63) is 28.7 Å². The number of amides is 1. The average Bonchev–Trinajstić information content (AvgIpc) is 2.50. The first-order valence-corrected chi connectivity index (χ1v) is 7.34. The van der Waals surface area contributed by atoms with Crippen LogP contribution in [0.15, 0.2) is 28.7 Å². The fourth-order valence-electron chi connectivity index (χ4n) is 2.41. The van der Waals surface area contributed by atoms with Crippen molar-refractivity contribution in [2.45, 2.75) is 31.8 Å². The van der Waals surface area contributed by atoms with Gasteiger partial charge in [0.1, 0.15) is 6.04 Å². The molecule has 1 amide bonds. The minimum Gasteiger partial charge on any atom is -0.396 e. The molecule has 0 aromatic heterocycles. The summed E-state index contributed by atoms with van der Waals surface area (Å²) in [6.07, 6.45) is 1.35. The largest absolute Gasteiger partial charge is 0.396 e. The van der Waals surface area contributed by atoms with E-state index in [4.69, 9.17) is 0 Å². The summed E-state index contributed by atoms with van der Waals surface area (Å²) in [6, 6.07) is 7.80. The molecule has 2 rings (SSSR count). The van der Waals surface area contributed by atoms with Gasteiger partial charge >= 0.3 is 0 Å². The molecule has 2 unspecified atom stereocenters. The zero-order valence-corrected chi connectivity index (χ0v) is 12.6. The maximum atomic E-state index is 12.2. The van der Waals surface area contributed by atoms with Gasteiger partial charge in [0.2, 0.25) is 5.91 Å². The summed E-state index contributed by atoms with van der Waals surface area (Å²) in [7, 11) is 0. The van der Waals surface area contributed by atoms with Gasteiger partial charge in [-0.05, 0) is 38.0 Å².